The van der Waals surface area contributed by atoms with Crippen molar-refractivity contribution in [3.8, 4) is 6.01 Å². The first-order chi connectivity index (χ1) is 7.74. The first-order valence-electron chi connectivity index (χ1n) is 4.78. The molecule has 0 aliphatic carbocycles. The monoisotopic (exact) mass is 242 g/mol. The van der Waals surface area contributed by atoms with E-state index in [9.17, 15) is 0 Å². The van der Waals surface area contributed by atoms with Crippen molar-refractivity contribution >= 4 is 17.4 Å². The summed E-state index contributed by atoms with van der Waals surface area (Å²) >= 11 is 6.02. The lowest BCUT2D eigenvalue weighted by atomic mass is 10.4. The van der Waals surface area contributed by atoms with Crippen LogP contribution < -0.4 is 4.74 Å². The van der Waals surface area contributed by atoms with Crippen LogP contribution in [0.25, 0.3) is 5.78 Å². The first-order valence-corrected chi connectivity index (χ1v) is 5.16. The molecule has 0 aromatic carbocycles. The van der Waals surface area contributed by atoms with Gasteiger partial charge in [-0.2, -0.15) is 9.50 Å². The smallest absolute Gasteiger partial charge is 0.337 e. The number of ether oxygens (including phenoxy) is 2. The summed E-state index contributed by atoms with van der Waals surface area (Å²) in [4.78, 5) is 8.31. The van der Waals surface area contributed by atoms with Crippen molar-refractivity contribution in [3.63, 3.8) is 0 Å². The van der Waals surface area contributed by atoms with Gasteiger partial charge in [0.25, 0.3) is 5.78 Å². The molecule has 0 radical (unpaired) electrons. The number of fused-ring (bicyclic) bond motifs is 1. The van der Waals surface area contributed by atoms with Gasteiger partial charge >= 0.3 is 6.01 Å². The Kier molecular flexibility index (Phi) is 3.21. The molecule has 0 fully saturated rings. The molecule has 0 atom stereocenters. The van der Waals surface area contributed by atoms with Crippen molar-refractivity contribution in [2.75, 3.05) is 13.7 Å². The van der Waals surface area contributed by atoms with Crippen LogP contribution in [-0.2, 0) is 11.3 Å². The maximum absolute atomic E-state index is 6.02. The van der Waals surface area contributed by atoms with Crippen molar-refractivity contribution < 1.29 is 9.47 Å². The van der Waals surface area contributed by atoms with Crippen LogP contribution >= 0.6 is 11.6 Å². The highest BCUT2D eigenvalue weighted by Crippen LogP contribution is 2.14. The molecule has 0 amide bonds. The summed E-state index contributed by atoms with van der Waals surface area (Å²) in [6, 6.07) is 1.95. The predicted molar refractivity (Wildman–Crippen MR) is 57.7 cm³/mol. The largest absolute Gasteiger partial charge is 0.463 e. The second kappa shape index (κ2) is 4.63. The first kappa shape index (κ1) is 11.1. The molecule has 0 spiro atoms. The molecule has 86 valence electrons. The third kappa shape index (κ3) is 2.07. The molecule has 0 aliphatic heterocycles. The van der Waals surface area contributed by atoms with E-state index in [4.69, 9.17) is 21.1 Å². The number of nitrogens with zero attached hydrogens (tertiary/aromatic N) is 4. The van der Waals surface area contributed by atoms with Crippen molar-refractivity contribution in [1.82, 2.24) is 19.6 Å². The Balaban J connectivity index is 2.45. The van der Waals surface area contributed by atoms with E-state index in [1.54, 1.807) is 13.2 Å². The molecular formula is C9H11ClN4O2. The second-order valence-electron chi connectivity index (χ2n) is 3.04. The average Bonchev–Trinajstić information content (AvgIpc) is 2.62. The van der Waals surface area contributed by atoms with Crippen molar-refractivity contribution in [2.24, 2.45) is 0 Å². The molecule has 0 bridgehead atoms. The summed E-state index contributed by atoms with van der Waals surface area (Å²) in [5.41, 5.74) is 0.704. The van der Waals surface area contributed by atoms with Gasteiger partial charge in [0.15, 0.2) is 0 Å². The SMILES string of the molecule is CCOc1nc2nc(COC)cc(Cl)n2n1. The number of methoxy groups -OCH3 is 1. The number of hydrogen-bond acceptors (Lipinski definition) is 5. The Morgan fingerprint density at radius 2 is 2.25 bits per heavy atom. The summed E-state index contributed by atoms with van der Waals surface area (Å²) in [7, 11) is 1.59. The van der Waals surface area contributed by atoms with Crippen LogP contribution in [-0.4, -0.2) is 33.3 Å². The maximum atomic E-state index is 6.02. The van der Waals surface area contributed by atoms with Gasteiger partial charge in [-0.25, -0.2) is 4.98 Å². The third-order valence-corrected chi connectivity index (χ3v) is 2.14. The molecule has 0 saturated carbocycles. The number of halogens is 1. The molecule has 7 heteroatoms. The van der Waals surface area contributed by atoms with E-state index in [1.165, 1.54) is 4.52 Å². The lowest BCUT2D eigenvalue weighted by molar-refractivity contribution is 0.181. The van der Waals surface area contributed by atoms with E-state index >= 15 is 0 Å². The molecule has 2 heterocycles. The van der Waals surface area contributed by atoms with E-state index in [-0.39, 0.29) is 6.01 Å². The highest BCUT2D eigenvalue weighted by Gasteiger charge is 2.10. The zero-order chi connectivity index (χ0) is 11.5. The molecule has 0 aliphatic rings. The minimum atomic E-state index is 0.270. The standard InChI is InChI=1S/C9H11ClN4O2/c1-3-16-9-12-8-11-6(5-15-2)4-7(10)14(8)13-9/h4H,3,5H2,1-2H3. The third-order valence-electron chi connectivity index (χ3n) is 1.87. The molecule has 2 aromatic heterocycles. The van der Waals surface area contributed by atoms with Gasteiger partial charge in [0.2, 0.25) is 0 Å². The number of hydrogen-bond donors (Lipinski definition) is 0. The molecule has 2 aromatic rings. The average molecular weight is 243 g/mol. The highest BCUT2D eigenvalue weighted by molar-refractivity contribution is 6.29. The van der Waals surface area contributed by atoms with Gasteiger partial charge in [-0.15, -0.1) is 5.10 Å². The van der Waals surface area contributed by atoms with E-state index < -0.39 is 0 Å². The minimum absolute atomic E-state index is 0.270. The van der Waals surface area contributed by atoms with Gasteiger partial charge in [0.05, 0.1) is 18.9 Å². The quantitative estimate of drug-likeness (QED) is 0.757. The Hall–Kier alpha value is -1.40. The van der Waals surface area contributed by atoms with Gasteiger partial charge in [0, 0.05) is 7.11 Å². The zero-order valence-corrected chi connectivity index (χ0v) is 9.73. The minimum Gasteiger partial charge on any atom is -0.463 e. The summed E-state index contributed by atoms with van der Waals surface area (Å²) < 4.78 is 11.6. The van der Waals surface area contributed by atoms with Crippen molar-refractivity contribution in [1.29, 1.82) is 0 Å². The maximum Gasteiger partial charge on any atom is 0.337 e. The summed E-state index contributed by atoms with van der Waals surface area (Å²) in [6.45, 7) is 2.74. The molecule has 0 unspecified atom stereocenters. The molecular weight excluding hydrogens is 232 g/mol. The molecule has 16 heavy (non-hydrogen) atoms. The predicted octanol–water partition coefficient (Wildman–Crippen LogP) is 1.32. The van der Waals surface area contributed by atoms with Crippen LogP contribution in [0.1, 0.15) is 12.6 Å². The summed E-state index contributed by atoms with van der Waals surface area (Å²) in [5, 5.41) is 4.48. The Labute approximate surface area is 97.2 Å². The Morgan fingerprint density at radius 3 is 2.94 bits per heavy atom. The van der Waals surface area contributed by atoms with Gasteiger partial charge < -0.3 is 9.47 Å². The fourth-order valence-corrected chi connectivity index (χ4v) is 1.51. The van der Waals surface area contributed by atoms with Gasteiger partial charge in [0.1, 0.15) is 5.15 Å². The van der Waals surface area contributed by atoms with E-state index in [1.807, 2.05) is 6.92 Å². The van der Waals surface area contributed by atoms with Crippen LogP contribution in [0.2, 0.25) is 5.15 Å². The fraction of sp³-hybridized carbons (Fsp3) is 0.444. The fourth-order valence-electron chi connectivity index (χ4n) is 1.27. The summed E-state index contributed by atoms with van der Waals surface area (Å²) in [6.07, 6.45) is 0. The van der Waals surface area contributed by atoms with Crippen molar-refractivity contribution in [3.05, 3.63) is 16.9 Å². The van der Waals surface area contributed by atoms with Gasteiger partial charge in [-0.05, 0) is 13.0 Å². The highest BCUT2D eigenvalue weighted by atomic mass is 35.5. The molecule has 0 N–H and O–H groups in total. The molecule has 6 nitrogen and oxygen atoms in total. The zero-order valence-electron chi connectivity index (χ0n) is 8.97. The second-order valence-corrected chi connectivity index (χ2v) is 3.43. The lowest BCUT2D eigenvalue weighted by Gasteiger charge is -1.99. The Morgan fingerprint density at radius 1 is 1.44 bits per heavy atom. The lowest BCUT2D eigenvalue weighted by Crippen LogP contribution is -1.99. The van der Waals surface area contributed by atoms with Crippen LogP contribution in [0.3, 0.4) is 0 Å². The van der Waals surface area contributed by atoms with Crippen LogP contribution in [0.5, 0.6) is 6.01 Å². The molecule has 0 saturated heterocycles. The van der Waals surface area contributed by atoms with E-state index in [0.717, 1.165) is 0 Å². The Bertz CT molecular complexity index is 499. The van der Waals surface area contributed by atoms with E-state index in [0.29, 0.717) is 29.8 Å². The van der Waals surface area contributed by atoms with Crippen LogP contribution in [0, 0.1) is 0 Å². The van der Waals surface area contributed by atoms with E-state index in [2.05, 4.69) is 15.1 Å². The van der Waals surface area contributed by atoms with Gasteiger partial charge in [-0.1, -0.05) is 11.6 Å². The van der Waals surface area contributed by atoms with Gasteiger partial charge in [-0.3, -0.25) is 0 Å². The summed E-state index contributed by atoms with van der Waals surface area (Å²) in [5.74, 6) is 0.406. The van der Waals surface area contributed by atoms with Crippen LogP contribution in [0.4, 0.5) is 0 Å². The number of aromatic nitrogens is 4. The molecule has 2 rings (SSSR count). The normalized spacial score (nSPS) is 10.9. The topological polar surface area (TPSA) is 61.5 Å². The number of rotatable bonds is 4. The van der Waals surface area contributed by atoms with Crippen molar-refractivity contribution in [2.45, 2.75) is 13.5 Å². The van der Waals surface area contributed by atoms with Crippen LogP contribution in [0.15, 0.2) is 6.07 Å².